The van der Waals surface area contributed by atoms with Crippen LogP contribution in [-0.4, -0.2) is 48.6 Å². The minimum atomic E-state index is -0.608. The molecule has 0 atom stereocenters. The van der Waals surface area contributed by atoms with Gasteiger partial charge in [-0.15, -0.1) is 0 Å². The molecule has 0 aliphatic carbocycles. The Hall–Kier alpha value is -5.20. The summed E-state index contributed by atoms with van der Waals surface area (Å²) in [5.41, 5.74) is 20.8. The highest BCUT2D eigenvalue weighted by atomic mass is 16.2. The van der Waals surface area contributed by atoms with Gasteiger partial charge in [-0.2, -0.15) is 5.10 Å². The first-order chi connectivity index (χ1) is 18.6. The summed E-state index contributed by atoms with van der Waals surface area (Å²) >= 11 is 0. The molecule has 39 heavy (non-hydrogen) atoms. The molecule has 0 bridgehead atoms. The Morgan fingerprint density at radius 2 is 1.77 bits per heavy atom. The highest BCUT2D eigenvalue weighted by molar-refractivity contribution is 6.04. The van der Waals surface area contributed by atoms with Gasteiger partial charge in [-0.05, 0) is 50.6 Å². The van der Waals surface area contributed by atoms with Crippen molar-refractivity contribution in [1.82, 2.24) is 24.3 Å². The topological polar surface area (TPSA) is 202 Å². The Morgan fingerprint density at radius 1 is 1.03 bits per heavy atom. The van der Waals surface area contributed by atoms with Gasteiger partial charge in [-0.1, -0.05) is 12.2 Å². The van der Waals surface area contributed by atoms with Crippen LogP contribution in [0.5, 0.6) is 0 Å². The number of nitrogens with two attached hydrogens (primary N) is 3. The van der Waals surface area contributed by atoms with Crippen LogP contribution in [0.3, 0.4) is 0 Å². The van der Waals surface area contributed by atoms with Crippen LogP contribution < -0.4 is 27.8 Å². The molecule has 3 amide bonds. The van der Waals surface area contributed by atoms with E-state index < -0.39 is 11.8 Å². The lowest BCUT2D eigenvalue weighted by molar-refractivity contribution is 0.0991. The number of benzene rings is 1. The van der Waals surface area contributed by atoms with E-state index in [9.17, 15) is 14.4 Å². The summed E-state index contributed by atoms with van der Waals surface area (Å²) in [4.78, 5) is 45.0. The summed E-state index contributed by atoms with van der Waals surface area (Å²) in [5, 5.41) is 10.3. The maximum Gasteiger partial charge on any atom is 0.276 e. The average molecular weight is 531 g/mol. The van der Waals surface area contributed by atoms with E-state index in [1.54, 1.807) is 22.9 Å². The van der Waals surface area contributed by atoms with E-state index in [4.69, 9.17) is 17.2 Å². The van der Waals surface area contributed by atoms with Crippen LogP contribution in [0, 0.1) is 13.8 Å². The molecule has 0 aliphatic heterocycles. The molecule has 0 saturated heterocycles. The van der Waals surface area contributed by atoms with Gasteiger partial charge >= 0.3 is 0 Å². The molecule has 3 aromatic heterocycles. The van der Waals surface area contributed by atoms with Crippen molar-refractivity contribution in [2.45, 2.75) is 33.9 Å². The molecule has 0 aliphatic rings. The summed E-state index contributed by atoms with van der Waals surface area (Å²) in [6.45, 7) is 6.86. The first kappa shape index (κ1) is 26.9. The molecule has 4 rings (SSSR count). The zero-order valence-electron chi connectivity index (χ0n) is 21.9. The number of rotatable bonds is 10. The van der Waals surface area contributed by atoms with Gasteiger partial charge in [0.1, 0.15) is 11.5 Å². The summed E-state index contributed by atoms with van der Waals surface area (Å²) < 4.78 is 3.47. The number of allylic oxidation sites excluding steroid dienone is 1. The van der Waals surface area contributed by atoms with Gasteiger partial charge in [-0.25, -0.2) is 9.97 Å². The smallest absolute Gasteiger partial charge is 0.276 e. The zero-order valence-corrected chi connectivity index (χ0v) is 21.9. The molecule has 13 heteroatoms. The predicted octanol–water partition coefficient (Wildman–Crippen LogP) is 1.97. The third kappa shape index (κ3) is 5.71. The molecule has 202 valence electrons. The van der Waals surface area contributed by atoms with Crippen LogP contribution in [0.2, 0.25) is 0 Å². The molecule has 0 radical (unpaired) electrons. The van der Waals surface area contributed by atoms with Gasteiger partial charge in [0.15, 0.2) is 0 Å². The number of primary amides is 2. The number of fused-ring (bicyclic) bond motifs is 1. The first-order valence-electron chi connectivity index (χ1n) is 12.2. The Balaban J connectivity index is 1.59. The van der Waals surface area contributed by atoms with Gasteiger partial charge in [0.25, 0.3) is 5.91 Å². The second-order valence-electron chi connectivity index (χ2n) is 8.89. The van der Waals surface area contributed by atoms with Crippen LogP contribution in [0.15, 0.2) is 42.6 Å². The number of carbonyl (C=O) groups excluding carboxylic acids is 3. The molecule has 0 spiro atoms. The molecule has 0 unspecified atom stereocenters. The largest absolute Gasteiger partial charge is 0.396 e. The number of nitrogens with zero attached hydrogens (tertiary/aromatic N) is 5. The highest BCUT2D eigenvalue weighted by Gasteiger charge is 2.19. The minimum Gasteiger partial charge on any atom is -0.396 e. The molecule has 1 aromatic carbocycles. The van der Waals surface area contributed by atoms with Crippen molar-refractivity contribution in [1.29, 1.82) is 0 Å². The normalized spacial score (nSPS) is 11.3. The Bertz CT molecular complexity index is 1620. The van der Waals surface area contributed by atoms with Crippen molar-refractivity contribution in [3.05, 3.63) is 70.7 Å². The van der Waals surface area contributed by atoms with Gasteiger partial charge in [0, 0.05) is 31.4 Å². The number of amides is 3. The van der Waals surface area contributed by atoms with Gasteiger partial charge in [0.2, 0.25) is 17.8 Å². The third-order valence-electron chi connectivity index (χ3n) is 6.02. The molecule has 8 N–H and O–H groups in total. The van der Waals surface area contributed by atoms with E-state index >= 15 is 0 Å². The van der Waals surface area contributed by atoms with Gasteiger partial charge in [0.05, 0.1) is 28.0 Å². The Labute approximate surface area is 224 Å². The molecular formula is C26H30N10O3. The lowest BCUT2D eigenvalue weighted by Crippen LogP contribution is -2.20. The monoisotopic (exact) mass is 530 g/mol. The zero-order chi connectivity index (χ0) is 28.3. The number of aryl methyl sites for hydroxylation is 3. The van der Waals surface area contributed by atoms with Crippen molar-refractivity contribution in [3.63, 3.8) is 0 Å². The average Bonchev–Trinajstić information content (AvgIpc) is 3.44. The predicted molar refractivity (Wildman–Crippen MR) is 148 cm³/mol. The van der Waals surface area contributed by atoms with Gasteiger partial charge < -0.3 is 27.1 Å². The fourth-order valence-electron chi connectivity index (χ4n) is 4.21. The second kappa shape index (κ2) is 11.0. The highest BCUT2D eigenvalue weighted by Crippen LogP contribution is 2.26. The lowest BCUT2D eigenvalue weighted by atomic mass is 10.1. The molecule has 3 heterocycles. The van der Waals surface area contributed by atoms with E-state index in [1.807, 2.05) is 37.5 Å². The number of pyridine rings is 1. The number of hydrogen-bond acceptors (Lipinski definition) is 8. The third-order valence-corrected chi connectivity index (χ3v) is 6.02. The van der Waals surface area contributed by atoms with E-state index in [0.717, 1.165) is 16.8 Å². The summed E-state index contributed by atoms with van der Waals surface area (Å²) in [5.74, 6) is -0.794. The van der Waals surface area contributed by atoms with E-state index in [1.165, 1.54) is 12.3 Å². The molecule has 4 aromatic rings. The number of nitrogens with one attached hydrogen (secondary N) is 2. The van der Waals surface area contributed by atoms with Crippen molar-refractivity contribution in [2.75, 3.05) is 22.9 Å². The minimum absolute atomic E-state index is 0.224. The Kier molecular flexibility index (Phi) is 7.60. The fourth-order valence-corrected chi connectivity index (χ4v) is 4.21. The van der Waals surface area contributed by atoms with E-state index in [0.29, 0.717) is 53.9 Å². The number of carbonyl (C=O) groups is 3. The number of aromatic nitrogens is 5. The maximum absolute atomic E-state index is 13.2. The van der Waals surface area contributed by atoms with Crippen LogP contribution in [0.4, 0.5) is 17.5 Å². The number of nitrogen functional groups attached to an aromatic ring is 1. The summed E-state index contributed by atoms with van der Waals surface area (Å²) in [6, 6.07) is 6.47. The second-order valence-corrected chi connectivity index (χ2v) is 8.89. The van der Waals surface area contributed by atoms with Crippen molar-refractivity contribution >= 4 is 46.2 Å². The number of anilines is 3. The van der Waals surface area contributed by atoms with Crippen molar-refractivity contribution < 1.29 is 14.4 Å². The fraction of sp³-hybridized carbons (Fsp3) is 0.231. The summed E-state index contributed by atoms with van der Waals surface area (Å²) in [6.07, 6.45) is 5.11. The van der Waals surface area contributed by atoms with Crippen LogP contribution in [-0.2, 0) is 13.1 Å². The molecule has 13 nitrogen and oxygen atoms in total. The quantitative estimate of drug-likeness (QED) is 0.191. The standard InChI is InChI=1S/C26H30N10O3/c1-4-36-20(10-15(3)34-36)25(39)33-26-32-19-12-16(22(28)37)9-14(2)21(19)35(26)8-6-5-7-30-24-18(27)11-17(13-31-24)23(29)38/h5-6,9-13H,4,7-8,27H2,1-3H3,(H2,28,37)(H2,29,38)(H,30,31)(H,32,33,39)/b6-5+. The maximum atomic E-state index is 13.2. The van der Waals surface area contributed by atoms with Gasteiger partial charge in [-0.3, -0.25) is 24.4 Å². The lowest BCUT2D eigenvalue weighted by Gasteiger charge is -2.10. The van der Waals surface area contributed by atoms with Crippen LogP contribution >= 0.6 is 0 Å². The summed E-state index contributed by atoms with van der Waals surface area (Å²) in [7, 11) is 0. The van der Waals surface area contributed by atoms with Crippen molar-refractivity contribution in [2.24, 2.45) is 11.5 Å². The van der Waals surface area contributed by atoms with E-state index in [-0.39, 0.29) is 11.5 Å². The van der Waals surface area contributed by atoms with E-state index in [2.05, 4.69) is 25.7 Å². The molecule has 0 fully saturated rings. The molecule has 0 saturated carbocycles. The number of imidazole rings is 1. The van der Waals surface area contributed by atoms with Crippen LogP contribution in [0.25, 0.3) is 11.0 Å². The number of hydrogen-bond donors (Lipinski definition) is 5. The first-order valence-corrected chi connectivity index (χ1v) is 12.2. The van der Waals surface area contributed by atoms with Crippen molar-refractivity contribution in [3.8, 4) is 0 Å². The molecular weight excluding hydrogens is 500 g/mol. The SMILES string of the molecule is CCn1nc(C)cc1C(=O)Nc1nc2cc(C(N)=O)cc(C)c2n1C/C=C/CNc1ncc(C(N)=O)cc1N. The van der Waals surface area contributed by atoms with Crippen LogP contribution in [0.1, 0.15) is 49.4 Å². The Morgan fingerprint density at radius 3 is 2.44 bits per heavy atom.